The quantitative estimate of drug-likeness (QED) is 0.387. The van der Waals surface area contributed by atoms with E-state index in [1.165, 1.54) is 0 Å². The molecule has 0 aromatic carbocycles. The zero-order valence-corrected chi connectivity index (χ0v) is 5.90. The number of rotatable bonds is 6. The van der Waals surface area contributed by atoms with Crippen molar-refractivity contribution < 1.29 is 4.84 Å². The normalized spacial score (nSPS) is 11.1. The minimum absolute atomic E-state index is 0.121. The molecule has 0 atom stereocenters. The Balaban J connectivity index is 3.98. The SMILES string of the molecule is NOCC(N)(CN=O)CN=O. The Kier molecular flexibility index (Phi) is 4.42. The summed E-state index contributed by atoms with van der Waals surface area (Å²) in [6, 6.07) is 0. The summed E-state index contributed by atoms with van der Waals surface area (Å²) in [5, 5.41) is 5.07. The topological polar surface area (TPSA) is 120 Å². The Hall–Kier alpha value is -0.920. The molecule has 0 radical (unpaired) electrons. The van der Waals surface area contributed by atoms with Gasteiger partial charge in [-0.05, 0) is 0 Å². The van der Waals surface area contributed by atoms with Crippen LogP contribution < -0.4 is 11.6 Å². The van der Waals surface area contributed by atoms with Gasteiger partial charge in [-0.15, -0.1) is 0 Å². The van der Waals surface area contributed by atoms with Crippen LogP contribution in [0, 0.1) is 9.81 Å². The van der Waals surface area contributed by atoms with Gasteiger partial charge in [0.25, 0.3) is 0 Å². The van der Waals surface area contributed by atoms with Gasteiger partial charge in [-0.3, -0.25) is 0 Å². The van der Waals surface area contributed by atoms with Crippen LogP contribution >= 0.6 is 0 Å². The monoisotopic (exact) mass is 162 g/mol. The largest absolute Gasteiger partial charge is 0.320 e. The molecule has 4 N–H and O–H groups in total. The molecule has 0 saturated heterocycles. The maximum absolute atomic E-state index is 9.80. The molecule has 0 aromatic rings. The molecule has 0 amide bonds. The van der Waals surface area contributed by atoms with E-state index in [1.54, 1.807) is 0 Å². The standard InChI is InChI=1S/C4H10N4O3/c5-4(1-7-9,2-8-10)3-11-6/h1-3,5-6H2. The zero-order valence-electron chi connectivity index (χ0n) is 5.90. The number of hydrogen-bond donors (Lipinski definition) is 2. The van der Waals surface area contributed by atoms with E-state index in [0.29, 0.717) is 0 Å². The zero-order chi connectivity index (χ0) is 8.74. The van der Waals surface area contributed by atoms with Crippen molar-refractivity contribution >= 4 is 0 Å². The Labute approximate surface area is 63.0 Å². The molecular formula is C4H10N4O3. The fourth-order valence-corrected chi connectivity index (χ4v) is 0.564. The third kappa shape index (κ3) is 3.71. The van der Waals surface area contributed by atoms with Gasteiger partial charge < -0.3 is 10.6 Å². The van der Waals surface area contributed by atoms with E-state index < -0.39 is 5.54 Å². The lowest BCUT2D eigenvalue weighted by Gasteiger charge is -2.20. The van der Waals surface area contributed by atoms with Crippen LogP contribution in [-0.2, 0) is 4.84 Å². The molecule has 0 aliphatic carbocycles. The smallest absolute Gasteiger partial charge is 0.103 e. The van der Waals surface area contributed by atoms with E-state index in [-0.39, 0.29) is 19.7 Å². The lowest BCUT2D eigenvalue weighted by molar-refractivity contribution is 0.0918. The van der Waals surface area contributed by atoms with Crippen LogP contribution in [0.5, 0.6) is 0 Å². The molecule has 0 aliphatic heterocycles. The van der Waals surface area contributed by atoms with Gasteiger partial charge in [0.05, 0.1) is 12.1 Å². The highest BCUT2D eigenvalue weighted by atomic mass is 16.6. The summed E-state index contributed by atoms with van der Waals surface area (Å²) in [7, 11) is 0. The summed E-state index contributed by atoms with van der Waals surface area (Å²) in [5.74, 6) is 4.71. The van der Waals surface area contributed by atoms with Crippen molar-refractivity contribution in [3.63, 3.8) is 0 Å². The van der Waals surface area contributed by atoms with Gasteiger partial charge in [-0.2, -0.15) is 9.81 Å². The molecule has 7 nitrogen and oxygen atoms in total. The van der Waals surface area contributed by atoms with Gasteiger partial charge >= 0.3 is 0 Å². The van der Waals surface area contributed by atoms with Gasteiger partial charge in [0, 0.05) is 0 Å². The van der Waals surface area contributed by atoms with Gasteiger partial charge in [-0.1, -0.05) is 10.4 Å². The van der Waals surface area contributed by atoms with Crippen molar-refractivity contribution in [1.82, 2.24) is 0 Å². The van der Waals surface area contributed by atoms with Crippen LogP contribution in [0.25, 0.3) is 0 Å². The molecule has 0 aliphatic rings. The predicted octanol–water partition coefficient (Wildman–Crippen LogP) is -0.893. The second-order valence-electron chi connectivity index (χ2n) is 2.25. The fraction of sp³-hybridized carbons (Fsp3) is 1.00. The van der Waals surface area contributed by atoms with Crippen molar-refractivity contribution in [2.45, 2.75) is 5.54 Å². The number of hydrogen-bond acceptors (Lipinski definition) is 7. The molecule has 0 bridgehead atoms. The molecule has 0 aromatic heterocycles. The highest BCUT2D eigenvalue weighted by Gasteiger charge is 2.26. The molecule has 0 rings (SSSR count). The van der Waals surface area contributed by atoms with Gasteiger partial charge in [0.2, 0.25) is 0 Å². The summed E-state index contributed by atoms with van der Waals surface area (Å²) in [6.45, 7) is -0.601. The van der Waals surface area contributed by atoms with Crippen molar-refractivity contribution in [3.05, 3.63) is 9.81 Å². The Morgan fingerprint density at radius 2 is 1.73 bits per heavy atom. The first-order chi connectivity index (χ1) is 5.18. The summed E-state index contributed by atoms with van der Waals surface area (Å²) < 4.78 is 0. The second kappa shape index (κ2) is 4.83. The van der Waals surface area contributed by atoms with Crippen LogP contribution in [0.3, 0.4) is 0 Å². The number of nitrogens with two attached hydrogens (primary N) is 2. The van der Waals surface area contributed by atoms with E-state index in [4.69, 9.17) is 11.6 Å². The van der Waals surface area contributed by atoms with Crippen LogP contribution in [-0.4, -0.2) is 25.2 Å². The fourth-order valence-electron chi connectivity index (χ4n) is 0.564. The van der Waals surface area contributed by atoms with Gasteiger partial charge in [0.1, 0.15) is 13.1 Å². The lowest BCUT2D eigenvalue weighted by atomic mass is 10.0. The average molecular weight is 162 g/mol. The Morgan fingerprint density at radius 1 is 1.27 bits per heavy atom. The molecule has 64 valence electrons. The third-order valence-corrected chi connectivity index (χ3v) is 1.13. The van der Waals surface area contributed by atoms with Crippen molar-refractivity contribution in [3.8, 4) is 0 Å². The second-order valence-corrected chi connectivity index (χ2v) is 2.25. The molecule has 11 heavy (non-hydrogen) atoms. The summed E-state index contributed by atoms with van der Waals surface area (Å²) in [5.41, 5.74) is 4.28. The van der Waals surface area contributed by atoms with E-state index in [0.717, 1.165) is 0 Å². The molecule has 0 unspecified atom stereocenters. The minimum atomic E-state index is -1.15. The van der Waals surface area contributed by atoms with Crippen molar-refractivity contribution in [1.29, 1.82) is 0 Å². The molecule has 0 heterocycles. The average Bonchev–Trinajstić information content (AvgIpc) is 1.88. The first-order valence-electron chi connectivity index (χ1n) is 2.87. The molecular weight excluding hydrogens is 152 g/mol. The maximum Gasteiger partial charge on any atom is 0.103 e. The maximum atomic E-state index is 9.80. The van der Waals surface area contributed by atoms with Crippen LogP contribution in [0.4, 0.5) is 0 Å². The summed E-state index contributed by atoms with van der Waals surface area (Å²) in [6.07, 6.45) is 0. The van der Waals surface area contributed by atoms with Crippen LogP contribution in [0.2, 0.25) is 0 Å². The van der Waals surface area contributed by atoms with E-state index >= 15 is 0 Å². The molecule has 0 saturated carbocycles. The van der Waals surface area contributed by atoms with E-state index in [2.05, 4.69) is 15.2 Å². The predicted molar refractivity (Wildman–Crippen MR) is 38.4 cm³/mol. The lowest BCUT2D eigenvalue weighted by Crippen LogP contribution is -2.50. The molecule has 0 spiro atoms. The number of nitroso groups, excluding NO2 is 2. The van der Waals surface area contributed by atoms with Crippen molar-refractivity contribution in [2.24, 2.45) is 22.0 Å². The first kappa shape index (κ1) is 10.1. The first-order valence-corrected chi connectivity index (χ1v) is 2.87. The van der Waals surface area contributed by atoms with E-state index in [9.17, 15) is 9.81 Å². The third-order valence-electron chi connectivity index (χ3n) is 1.13. The van der Waals surface area contributed by atoms with Crippen LogP contribution in [0.15, 0.2) is 10.4 Å². The highest BCUT2D eigenvalue weighted by Crippen LogP contribution is 2.01. The summed E-state index contributed by atoms with van der Waals surface area (Å²) >= 11 is 0. The highest BCUT2D eigenvalue weighted by molar-refractivity contribution is 4.88. The van der Waals surface area contributed by atoms with Gasteiger partial charge in [0.15, 0.2) is 0 Å². The van der Waals surface area contributed by atoms with Crippen LogP contribution in [0.1, 0.15) is 0 Å². The molecule has 7 heteroatoms. The van der Waals surface area contributed by atoms with Gasteiger partial charge in [-0.25, -0.2) is 5.90 Å². The van der Waals surface area contributed by atoms with Crippen molar-refractivity contribution in [2.75, 3.05) is 19.7 Å². The Morgan fingerprint density at radius 3 is 2.00 bits per heavy atom. The Bertz CT molecular complexity index is 129. The summed E-state index contributed by atoms with van der Waals surface area (Å²) in [4.78, 5) is 23.8. The minimum Gasteiger partial charge on any atom is -0.320 e. The number of nitrogens with zero attached hydrogens (tertiary/aromatic N) is 2. The molecule has 0 fully saturated rings. The van der Waals surface area contributed by atoms with E-state index in [1.807, 2.05) is 0 Å².